The van der Waals surface area contributed by atoms with Gasteiger partial charge in [-0.1, -0.05) is 55.0 Å². The number of carbonyl (C=O) groups excluding carboxylic acids is 1. The molecule has 11 heteroatoms. The second kappa shape index (κ2) is 11.5. The SMILES string of the molecule is CCn1c(N2CCCCCC2)c(C=C2SC(=S)N(c3c(C)n(C)n(-c4ccccc4)c3=O)C2=O)c(C)c(C#N)c1=O. The molecule has 1 amide bonds. The predicted molar refractivity (Wildman–Crippen MR) is 168 cm³/mol. The third-order valence-electron chi connectivity index (χ3n) is 7.88. The second-order valence-corrected chi connectivity index (χ2v) is 11.9. The average Bonchev–Trinajstić information content (AvgIpc) is 3.20. The van der Waals surface area contributed by atoms with Gasteiger partial charge in [0.05, 0.1) is 16.3 Å². The number of thioether (sulfide) groups is 1. The molecule has 5 rings (SSSR count). The topological polar surface area (TPSA) is 96.3 Å². The van der Waals surface area contributed by atoms with Crippen molar-refractivity contribution in [3.05, 3.63) is 78.3 Å². The Kier molecular flexibility index (Phi) is 8.07. The maximum absolute atomic E-state index is 14.0. The van der Waals surface area contributed by atoms with Crippen LogP contribution in [-0.2, 0) is 18.4 Å². The zero-order chi connectivity index (χ0) is 29.4. The minimum atomic E-state index is -0.403. The minimum Gasteiger partial charge on any atom is -0.357 e. The summed E-state index contributed by atoms with van der Waals surface area (Å²) in [6, 6.07) is 11.3. The predicted octanol–water partition coefficient (Wildman–Crippen LogP) is 4.63. The summed E-state index contributed by atoms with van der Waals surface area (Å²) >= 11 is 6.78. The lowest BCUT2D eigenvalue weighted by Crippen LogP contribution is -2.35. The first-order valence-corrected chi connectivity index (χ1v) is 15.0. The molecule has 212 valence electrons. The van der Waals surface area contributed by atoms with E-state index in [2.05, 4.69) is 11.0 Å². The van der Waals surface area contributed by atoms with Crippen LogP contribution < -0.4 is 20.9 Å². The molecule has 3 aromatic rings. The molecular formula is C30H32N6O3S2. The van der Waals surface area contributed by atoms with Crippen LogP contribution in [0.5, 0.6) is 0 Å². The van der Waals surface area contributed by atoms with E-state index in [1.165, 1.54) is 9.58 Å². The van der Waals surface area contributed by atoms with Crippen LogP contribution in [0.15, 0.2) is 44.8 Å². The number of carbonyl (C=O) groups is 1. The van der Waals surface area contributed by atoms with Crippen LogP contribution >= 0.6 is 24.0 Å². The molecule has 4 heterocycles. The summed E-state index contributed by atoms with van der Waals surface area (Å²) in [5.41, 5.74) is 2.09. The van der Waals surface area contributed by atoms with Crippen molar-refractivity contribution in [3.8, 4) is 11.8 Å². The summed E-state index contributed by atoms with van der Waals surface area (Å²) in [5.74, 6) is 0.323. The molecule has 0 aliphatic carbocycles. The maximum atomic E-state index is 14.0. The van der Waals surface area contributed by atoms with E-state index in [1.807, 2.05) is 37.3 Å². The lowest BCUT2D eigenvalue weighted by molar-refractivity contribution is -0.113. The van der Waals surface area contributed by atoms with Crippen molar-refractivity contribution in [1.82, 2.24) is 13.9 Å². The lowest BCUT2D eigenvalue weighted by atomic mass is 10.0. The Hall–Kier alpha value is -3.88. The number of hydrogen-bond acceptors (Lipinski definition) is 7. The van der Waals surface area contributed by atoms with Crippen molar-refractivity contribution >= 4 is 51.8 Å². The van der Waals surface area contributed by atoms with Crippen molar-refractivity contribution in [1.29, 1.82) is 5.26 Å². The molecular weight excluding hydrogens is 557 g/mol. The summed E-state index contributed by atoms with van der Waals surface area (Å²) in [6.45, 7) is 7.40. The number of thiocarbonyl (C=S) groups is 1. The van der Waals surface area contributed by atoms with Crippen molar-refractivity contribution in [2.75, 3.05) is 22.9 Å². The van der Waals surface area contributed by atoms with Crippen molar-refractivity contribution in [2.24, 2.45) is 7.05 Å². The molecule has 0 bridgehead atoms. The van der Waals surface area contributed by atoms with E-state index in [9.17, 15) is 19.6 Å². The largest absolute Gasteiger partial charge is 0.357 e. The van der Waals surface area contributed by atoms with Crippen LogP contribution in [0.1, 0.15) is 55.0 Å². The first kappa shape index (κ1) is 28.6. The van der Waals surface area contributed by atoms with Gasteiger partial charge >= 0.3 is 0 Å². The monoisotopic (exact) mass is 588 g/mol. The third kappa shape index (κ3) is 4.85. The van der Waals surface area contributed by atoms with Crippen molar-refractivity contribution in [2.45, 2.75) is 53.0 Å². The Morgan fingerprint density at radius 1 is 1.02 bits per heavy atom. The summed E-state index contributed by atoms with van der Waals surface area (Å²) in [6.07, 6.45) is 5.98. The van der Waals surface area contributed by atoms with Crippen LogP contribution in [-0.4, -0.2) is 37.2 Å². The number of nitriles is 1. The van der Waals surface area contributed by atoms with Crippen molar-refractivity contribution < 1.29 is 4.79 Å². The van der Waals surface area contributed by atoms with E-state index < -0.39 is 5.91 Å². The number of hydrogen-bond donors (Lipinski definition) is 0. The van der Waals surface area contributed by atoms with Gasteiger partial charge in [0, 0.05) is 32.2 Å². The molecule has 0 radical (unpaired) electrons. The van der Waals surface area contributed by atoms with E-state index in [-0.39, 0.29) is 26.7 Å². The molecule has 2 aliphatic rings. The fourth-order valence-electron chi connectivity index (χ4n) is 5.66. The Morgan fingerprint density at radius 2 is 1.68 bits per heavy atom. The smallest absolute Gasteiger partial charge is 0.296 e. The van der Waals surface area contributed by atoms with Crippen LogP contribution in [0.2, 0.25) is 0 Å². The van der Waals surface area contributed by atoms with Gasteiger partial charge in [-0.3, -0.25) is 28.5 Å². The average molecular weight is 589 g/mol. The van der Waals surface area contributed by atoms with Gasteiger partial charge in [-0.25, -0.2) is 4.68 Å². The van der Waals surface area contributed by atoms with Gasteiger partial charge < -0.3 is 4.90 Å². The van der Waals surface area contributed by atoms with Crippen LogP contribution in [0.25, 0.3) is 11.8 Å². The molecule has 1 aromatic carbocycles. The van der Waals surface area contributed by atoms with Crippen LogP contribution in [0, 0.1) is 25.2 Å². The number of benzene rings is 1. The van der Waals surface area contributed by atoms with Crippen molar-refractivity contribution in [3.63, 3.8) is 0 Å². The molecule has 0 spiro atoms. The summed E-state index contributed by atoms with van der Waals surface area (Å²) in [7, 11) is 1.77. The Bertz CT molecular complexity index is 1730. The Morgan fingerprint density at radius 3 is 2.29 bits per heavy atom. The van der Waals surface area contributed by atoms with Gasteiger partial charge in [0.1, 0.15) is 23.1 Å². The highest BCUT2D eigenvalue weighted by Crippen LogP contribution is 2.38. The minimum absolute atomic E-state index is 0.0665. The number of anilines is 2. The normalized spacial score (nSPS) is 16.9. The second-order valence-electron chi connectivity index (χ2n) is 10.2. The van der Waals surface area contributed by atoms with Gasteiger partial charge in [0.25, 0.3) is 17.0 Å². The van der Waals surface area contributed by atoms with Gasteiger partial charge in [-0.05, 0) is 57.4 Å². The molecule has 0 saturated carbocycles. The van der Waals surface area contributed by atoms with E-state index >= 15 is 0 Å². The molecule has 2 saturated heterocycles. The van der Waals surface area contributed by atoms with Gasteiger partial charge in [-0.2, -0.15) is 5.26 Å². The van der Waals surface area contributed by atoms with Gasteiger partial charge in [0.15, 0.2) is 4.32 Å². The number of aromatic nitrogens is 3. The third-order valence-corrected chi connectivity index (χ3v) is 9.19. The van der Waals surface area contributed by atoms with E-state index in [1.54, 1.807) is 36.2 Å². The zero-order valence-electron chi connectivity index (χ0n) is 23.6. The van der Waals surface area contributed by atoms with Crippen LogP contribution in [0.3, 0.4) is 0 Å². The molecule has 2 aromatic heterocycles. The summed E-state index contributed by atoms with van der Waals surface area (Å²) < 4.78 is 5.13. The molecule has 41 heavy (non-hydrogen) atoms. The first-order chi connectivity index (χ1) is 19.7. The fourth-order valence-corrected chi connectivity index (χ4v) is 6.92. The van der Waals surface area contributed by atoms with E-state index in [4.69, 9.17) is 12.2 Å². The molecule has 2 fully saturated rings. The Labute approximate surface area is 248 Å². The molecule has 0 unspecified atom stereocenters. The highest BCUT2D eigenvalue weighted by Gasteiger charge is 2.38. The number of rotatable bonds is 5. The maximum Gasteiger partial charge on any atom is 0.296 e. The summed E-state index contributed by atoms with van der Waals surface area (Å²) in [4.78, 5) is 44.8. The quantitative estimate of drug-likeness (QED) is 0.317. The standard InChI is InChI=1S/C30H32N6O3S2/c1-5-34-26(33-15-11-6-7-12-16-33)22(19(2)23(18-31)27(34)37)17-24-28(38)35(30(40)41-24)25-20(3)32(4)36(29(25)39)21-13-9-8-10-14-21/h8-10,13-14,17H,5-7,11-12,15-16H2,1-4H3. The fraction of sp³-hybridized carbons (Fsp3) is 0.367. The first-order valence-electron chi connectivity index (χ1n) is 13.8. The highest BCUT2D eigenvalue weighted by molar-refractivity contribution is 8.27. The zero-order valence-corrected chi connectivity index (χ0v) is 25.3. The van der Waals surface area contributed by atoms with E-state index in [0.717, 1.165) is 56.4 Å². The molecule has 0 atom stereocenters. The Balaban J connectivity index is 1.66. The molecule has 9 nitrogen and oxygen atoms in total. The number of para-hydroxylation sites is 1. The number of nitrogens with zero attached hydrogens (tertiary/aromatic N) is 6. The lowest BCUT2D eigenvalue weighted by Gasteiger charge is -2.29. The van der Waals surface area contributed by atoms with Gasteiger partial charge in [-0.15, -0.1) is 0 Å². The van der Waals surface area contributed by atoms with Crippen LogP contribution in [0.4, 0.5) is 11.5 Å². The molecule has 2 aliphatic heterocycles. The highest BCUT2D eigenvalue weighted by atomic mass is 32.2. The molecule has 0 N–H and O–H groups in total. The van der Waals surface area contributed by atoms with E-state index in [0.29, 0.717) is 34.0 Å². The number of pyridine rings is 1. The summed E-state index contributed by atoms with van der Waals surface area (Å²) in [5, 5.41) is 9.88. The number of amides is 1. The van der Waals surface area contributed by atoms with Gasteiger partial charge in [0.2, 0.25) is 0 Å².